The second-order valence-corrected chi connectivity index (χ2v) is 6.99. The molecule has 6 heteroatoms. The Bertz CT molecular complexity index is 1100. The van der Waals surface area contributed by atoms with Crippen molar-refractivity contribution >= 4 is 17.2 Å². The third-order valence-corrected chi connectivity index (χ3v) is 5.20. The van der Waals surface area contributed by atoms with Crippen molar-refractivity contribution in [2.75, 3.05) is 12.4 Å². The molecule has 0 fully saturated rings. The highest BCUT2D eigenvalue weighted by Crippen LogP contribution is 2.34. The summed E-state index contributed by atoms with van der Waals surface area (Å²) in [5.41, 5.74) is 3.05. The van der Waals surface area contributed by atoms with Crippen LogP contribution in [0.3, 0.4) is 0 Å². The molecule has 0 bridgehead atoms. The van der Waals surface area contributed by atoms with Crippen LogP contribution >= 0.6 is 11.3 Å². The predicted molar refractivity (Wildman–Crippen MR) is 110 cm³/mol. The zero-order valence-corrected chi connectivity index (χ0v) is 16.0. The number of pyridine rings is 1. The number of furan rings is 1. The average Bonchev–Trinajstić information content (AvgIpc) is 3.46. The summed E-state index contributed by atoms with van der Waals surface area (Å²) in [4.78, 5) is 5.75. The Labute approximate surface area is 166 Å². The summed E-state index contributed by atoms with van der Waals surface area (Å²) in [6, 6.07) is 19.6. The van der Waals surface area contributed by atoms with Crippen LogP contribution < -0.4 is 10.1 Å². The number of nitrogens with zero attached hydrogens (tertiary/aromatic N) is 2. The maximum Gasteiger partial charge on any atom is 0.145 e. The van der Waals surface area contributed by atoms with Gasteiger partial charge in [-0.25, -0.2) is 4.98 Å². The van der Waals surface area contributed by atoms with E-state index in [0.717, 1.165) is 27.4 Å². The standard InChI is InChI=1S/C22H17N3O2S/c1-26-16-8-6-15(7-9-16)14-24-22-18(13-23)17(20-4-2-10-27-20)12-19(25-22)21-5-3-11-28-21/h2-12H,14H2,1H3,(H,24,25). The monoisotopic (exact) mass is 387 g/mol. The third kappa shape index (κ3) is 3.61. The second kappa shape index (κ2) is 7.99. The van der Waals surface area contributed by atoms with E-state index >= 15 is 0 Å². The van der Waals surface area contributed by atoms with Gasteiger partial charge < -0.3 is 14.5 Å². The van der Waals surface area contributed by atoms with Crippen molar-refractivity contribution in [2.24, 2.45) is 0 Å². The zero-order chi connectivity index (χ0) is 19.3. The van der Waals surface area contributed by atoms with Gasteiger partial charge in [0.25, 0.3) is 0 Å². The fourth-order valence-corrected chi connectivity index (χ4v) is 3.58. The number of benzene rings is 1. The molecule has 3 heterocycles. The van der Waals surface area contributed by atoms with Crippen molar-refractivity contribution in [3.05, 3.63) is 77.4 Å². The van der Waals surface area contributed by atoms with Crippen molar-refractivity contribution in [3.8, 4) is 33.7 Å². The van der Waals surface area contributed by atoms with Gasteiger partial charge in [0.1, 0.15) is 29.0 Å². The molecule has 0 amide bonds. The Hall–Kier alpha value is -3.56. The van der Waals surface area contributed by atoms with Gasteiger partial charge in [-0.1, -0.05) is 18.2 Å². The molecule has 3 aromatic heterocycles. The number of nitriles is 1. The minimum atomic E-state index is 0.462. The van der Waals surface area contributed by atoms with Gasteiger partial charge in [0.05, 0.1) is 23.9 Å². The molecule has 4 aromatic rings. The van der Waals surface area contributed by atoms with Crippen molar-refractivity contribution in [2.45, 2.75) is 6.54 Å². The molecule has 0 atom stereocenters. The zero-order valence-electron chi connectivity index (χ0n) is 15.2. The summed E-state index contributed by atoms with van der Waals surface area (Å²) in [7, 11) is 1.64. The molecule has 0 radical (unpaired) electrons. The summed E-state index contributed by atoms with van der Waals surface area (Å²) >= 11 is 1.60. The number of methoxy groups -OCH3 is 1. The fraction of sp³-hybridized carbons (Fsp3) is 0.0909. The van der Waals surface area contributed by atoms with Gasteiger partial charge in [0, 0.05) is 12.1 Å². The Morgan fingerprint density at radius 1 is 1.18 bits per heavy atom. The molecule has 0 aliphatic carbocycles. The van der Waals surface area contributed by atoms with Crippen LogP contribution in [0.25, 0.3) is 21.9 Å². The largest absolute Gasteiger partial charge is 0.497 e. The first kappa shape index (κ1) is 17.8. The lowest BCUT2D eigenvalue weighted by Crippen LogP contribution is -2.05. The molecular weight excluding hydrogens is 370 g/mol. The number of rotatable bonds is 6. The molecule has 5 nitrogen and oxygen atoms in total. The van der Waals surface area contributed by atoms with Crippen LogP contribution in [0.4, 0.5) is 5.82 Å². The number of thiophene rings is 1. The van der Waals surface area contributed by atoms with Crippen LogP contribution in [0.1, 0.15) is 11.1 Å². The first-order valence-electron chi connectivity index (χ1n) is 8.68. The van der Waals surface area contributed by atoms with E-state index in [0.29, 0.717) is 23.7 Å². The summed E-state index contributed by atoms with van der Waals surface area (Å²) in [6.07, 6.45) is 1.60. The number of hydrogen-bond acceptors (Lipinski definition) is 6. The minimum absolute atomic E-state index is 0.462. The van der Waals surface area contributed by atoms with Gasteiger partial charge in [-0.15, -0.1) is 11.3 Å². The quantitative estimate of drug-likeness (QED) is 0.469. The molecule has 138 valence electrons. The van der Waals surface area contributed by atoms with E-state index in [1.54, 1.807) is 24.7 Å². The van der Waals surface area contributed by atoms with E-state index in [1.165, 1.54) is 0 Å². The molecule has 0 saturated heterocycles. The summed E-state index contributed by atoms with van der Waals surface area (Å²) in [5.74, 6) is 1.99. The molecule has 0 aliphatic rings. The Morgan fingerprint density at radius 2 is 2.04 bits per heavy atom. The predicted octanol–water partition coefficient (Wildman–Crippen LogP) is 5.56. The van der Waals surface area contributed by atoms with Crippen molar-refractivity contribution < 1.29 is 9.15 Å². The Kier molecular flexibility index (Phi) is 5.09. The van der Waals surface area contributed by atoms with Crippen molar-refractivity contribution in [1.29, 1.82) is 5.26 Å². The van der Waals surface area contributed by atoms with Crippen molar-refractivity contribution in [3.63, 3.8) is 0 Å². The lowest BCUT2D eigenvalue weighted by atomic mass is 10.1. The SMILES string of the molecule is COc1ccc(CNc2nc(-c3cccs3)cc(-c3ccco3)c2C#N)cc1. The van der Waals surface area contributed by atoms with Gasteiger partial charge in [-0.05, 0) is 47.3 Å². The van der Waals surface area contributed by atoms with Gasteiger partial charge in [0.2, 0.25) is 0 Å². The average molecular weight is 387 g/mol. The summed E-state index contributed by atoms with van der Waals surface area (Å²) < 4.78 is 10.8. The maximum absolute atomic E-state index is 9.80. The van der Waals surface area contributed by atoms with Crippen LogP contribution in [0, 0.1) is 11.3 Å². The van der Waals surface area contributed by atoms with Gasteiger partial charge in [0.15, 0.2) is 0 Å². The number of aromatic nitrogens is 1. The molecule has 0 aliphatic heterocycles. The van der Waals surface area contributed by atoms with Crippen LogP contribution in [0.2, 0.25) is 0 Å². The second-order valence-electron chi connectivity index (χ2n) is 6.05. The van der Waals surface area contributed by atoms with Crippen LogP contribution in [-0.4, -0.2) is 12.1 Å². The first-order chi connectivity index (χ1) is 13.8. The van der Waals surface area contributed by atoms with Gasteiger partial charge >= 0.3 is 0 Å². The first-order valence-corrected chi connectivity index (χ1v) is 9.56. The lowest BCUT2D eigenvalue weighted by Gasteiger charge is -2.12. The van der Waals surface area contributed by atoms with Crippen LogP contribution in [0.5, 0.6) is 5.75 Å². The number of nitrogens with one attached hydrogen (secondary N) is 1. The van der Waals surface area contributed by atoms with E-state index in [1.807, 2.05) is 60.0 Å². The minimum Gasteiger partial charge on any atom is -0.497 e. The number of ether oxygens (including phenoxy) is 1. The number of hydrogen-bond donors (Lipinski definition) is 1. The van der Waals surface area contributed by atoms with E-state index in [-0.39, 0.29) is 0 Å². The summed E-state index contributed by atoms with van der Waals surface area (Å²) in [6.45, 7) is 0.539. The van der Waals surface area contributed by atoms with E-state index in [4.69, 9.17) is 14.1 Å². The van der Waals surface area contributed by atoms with E-state index in [9.17, 15) is 5.26 Å². The van der Waals surface area contributed by atoms with Crippen LogP contribution in [-0.2, 0) is 6.54 Å². The third-order valence-electron chi connectivity index (χ3n) is 4.31. The lowest BCUT2D eigenvalue weighted by molar-refractivity contribution is 0.414. The highest BCUT2D eigenvalue weighted by atomic mass is 32.1. The molecule has 4 rings (SSSR count). The normalized spacial score (nSPS) is 10.4. The smallest absolute Gasteiger partial charge is 0.145 e. The molecule has 0 spiro atoms. The highest BCUT2D eigenvalue weighted by Gasteiger charge is 2.17. The molecular formula is C22H17N3O2S. The van der Waals surface area contributed by atoms with Crippen molar-refractivity contribution in [1.82, 2.24) is 4.98 Å². The maximum atomic E-state index is 9.80. The molecule has 0 saturated carbocycles. The Balaban J connectivity index is 1.73. The van der Waals surface area contributed by atoms with E-state index in [2.05, 4.69) is 11.4 Å². The molecule has 0 unspecified atom stereocenters. The molecule has 1 aromatic carbocycles. The molecule has 1 N–H and O–H groups in total. The topological polar surface area (TPSA) is 71.1 Å². The fourth-order valence-electron chi connectivity index (χ4n) is 2.89. The van der Waals surface area contributed by atoms with Gasteiger partial charge in [-0.3, -0.25) is 0 Å². The summed E-state index contributed by atoms with van der Waals surface area (Å²) in [5, 5.41) is 15.1. The number of anilines is 1. The van der Waals surface area contributed by atoms with Gasteiger partial charge in [-0.2, -0.15) is 5.26 Å². The van der Waals surface area contributed by atoms with E-state index < -0.39 is 0 Å². The van der Waals surface area contributed by atoms with Crippen LogP contribution in [0.15, 0.2) is 70.7 Å². The highest BCUT2D eigenvalue weighted by molar-refractivity contribution is 7.13. The molecule has 28 heavy (non-hydrogen) atoms. The Morgan fingerprint density at radius 3 is 2.68 bits per heavy atom.